The average Bonchev–Trinajstić information content (AvgIpc) is 2.67. The predicted molar refractivity (Wildman–Crippen MR) is 80.6 cm³/mol. The van der Waals surface area contributed by atoms with Gasteiger partial charge < -0.3 is 14.6 Å². The molecule has 1 fully saturated rings. The predicted octanol–water partition coefficient (Wildman–Crippen LogP) is 1.24. The maximum atomic E-state index is 12.8. The molecule has 2 aliphatic rings. The number of nitrogens with zero attached hydrogens (tertiary/aromatic N) is 1. The Morgan fingerprint density at radius 2 is 1.73 bits per heavy atom. The fourth-order valence-corrected chi connectivity index (χ4v) is 4.44. The lowest BCUT2D eigenvalue weighted by Crippen LogP contribution is -2.40. The normalized spacial score (nSPS) is 27.8. The first-order valence-electron chi connectivity index (χ1n) is 7.26. The maximum Gasteiger partial charge on any atom is 0.243 e. The molecule has 0 unspecified atom stereocenters. The minimum Gasteiger partial charge on any atom is -0.486 e. The van der Waals surface area contributed by atoms with Crippen LogP contribution in [0.1, 0.15) is 20.8 Å². The lowest BCUT2D eigenvalue weighted by molar-refractivity contribution is -0.0100. The van der Waals surface area contributed by atoms with Crippen molar-refractivity contribution in [3.63, 3.8) is 0 Å². The Hall–Kier alpha value is -1.31. The summed E-state index contributed by atoms with van der Waals surface area (Å²) in [5, 5.41) is 10.4. The Labute approximate surface area is 130 Å². The fourth-order valence-electron chi connectivity index (χ4n) is 2.73. The van der Waals surface area contributed by atoms with E-state index in [-0.39, 0.29) is 18.0 Å². The van der Waals surface area contributed by atoms with Crippen LogP contribution >= 0.6 is 0 Å². The van der Waals surface area contributed by atoms with Crippen molar-refractivity contribution in [3.8, 4) is 11.5 Å². The molecular weight excluding hydrogens is 306 g/mol. The van der Waals surface area contributed by atoms with Crippen LogP contribution in [0.3, 0.4) is 0 Å². The first-order valence-corrected chi connectivity index (χ1v) is 8.70. The zero-order chi connectivity index (χ0) is 16.2. The summed E-state index contributed by atoms with van der Waals surface area (Å²) < 4.78 is 37.8. The van der Waals surface area contributed by atoms with E-state index in [1.54, 1.807) is 13.0 Å². The molecule has 1 aromatic rings. The van der Waals surface area contributed by atoms with Gasteiger partial charge in [0.25, 0.3) is 0 Å². The molecule has 2 heterocycles. The van der Waals surface area contributed by atoms with Crippen molar-refractivity contribution in [2.24, 2.45) is 5.41 Å². The largest absolute Gasteiger partial charge is 0.486 e. The zero-order valence-corrected chi connectivity index (χ0v) is 13.8. The van der Waals surface area contributed by atoms with E-state index in [0.29, 0.717) is 24.7 Å². The van der Waals surface area contributed by atoms with Gasteiger partial charge in [0, 0.05) is 24.6 Å². The number of ether oxygens (including phenoxy) is 2. The highest BCUT2D eigenvalue weighted by molar-refractivity contribution is 7.89. The Bertz CT molecular complexity index is 680. The highest BCUT2D eigenvalue weighted by atomic mass is 32.2. The standard InChI is InChI=1S/C15H21NO5S/c1-14(2)9-16(10-15(14,3)17)22(18,19)11-4-5-12-13(8-11)21-7-6-20-12/h4-5,8,17H,6-7,9-10H2,1-3H3/t15-/m1/s1. The van der Waals surface area contributed by atoms with E-state index in [1.165, 1.54) is 16.4 Å². The summed E-state index contributed by atoms with van der Waals surface area (Å²) in [4.78, 5) is 0.158. The van der Waals surface area contributed by atoms with Gasteiger partial charge in [-0.15, -0.1) is 0 Å². The second-order valence-corrected chi connectivity index (χ2v) is 8.67. The lowest BCUT2D eigenvalue weighted by Gasteiger charge is -2.31. The van der Waals surface area contributed by atoms with Crippen molar-refractivity contribution in [3.05, 3.63) is 18.2 Å². The molecule has 0 amide bonds. The molecule has 0 aliphatic carbocycles. The quantitative estimate of drug-likeness (QED) is 0.884. The third-order valence-corrected chi connectivity index (χ3v) is 6.45. The van der Waals surface area contributed by atoms with Gasteiger partial charge in [0.15, 0.2) is 11.5 Å². The molecule has 0 aromatic heterocycles. The van der Waals surface area contributed by atoms with Crippen LogP contribution in [0.5, 0.6) is 11.5 Å². The third kappa shape index (κ3) is 2.37. The lowest BCUT2D eigenvalue weighted by atomic mass is 9.79. The molecule has 122 valence electrons. The molecule has 3 rings (SSSR count). The Balaban J connectivity index is 1.94. The monoisotopic (exact) mass is 327 g/mol. The van der Waals surface area contributed by atoms with Crippen LogP contribution in [0, 0.1) is 5.41 Å². The zero-order valence-electron chi connectivity index (χ0n) is 13.0. The number of hydrogen-bond donors (Lipinski definition) is 1. The van der Waals surface area contributed by atoms with Crippen LogP contribution < -0.4 is 9.47 Å². The summed E-state index contributed by atoms with van der Waals surface area (Å²) in [6.07, 6.45) is 0. The number of sulfonamides is 1. The molecule has 1 N–H and O–H groups in total. The van der Waals surface area contributed by atoms with E-state index >= 15 is 0 Å². The number of β-amino-alcohol motifs (C(OH)–C–C–N with tert-alkyl or cyclic N) is 1. The van der Waals surface area contributed by atoms with Crippen molar-refractivity contribution < 1.29 is 23.0 Å². The molecule has 6 nitrogen and oxygen atoms in total. The van der Waals surface area contributed by atoms with E-state index in [4.69, 9.17) is 9.47 Å². The van der Waals surface area contributed by atoms with Gasteiger partial charge in [0.05, 0.1) is 10.5 Å². The van der Waals surface area contributed by atoms with Gasteiger partial charge in [-0.2, -0.15) is 4.31 Å². The summed E-state index contributed by atoms with van der Waals surface area (Å²) in [7, 11) is -3.68. The summed E-state index contributed by atoms with van der Waals surface area (Å²) in [5.74, 6) is 0.997. The third-order valence-electron chi connectivity index (χ3n) is 4.67. The van der Waals surface area contributed by atoms with Crippen molar-refractivity contribution in [2.45, 2.75) is 31.3 Å². The van der Waals surface area contributed by atoms with Gasteiger partial charge in [-0.05, 0) is 19.1 Å². The molecule has 0 spiro atoms. The van der Waals surface area contributed by atoms with Crippen molar-refractivity contribution in [1.82, 2.24) is 4.31 Å². The Morgan fingerprint density at radius 3 is 2.32 bits per heavy atom. The van der Waals surface area contributed by atoms with E-state index in [9.17, 15) is 13.5 Å². The first kappa shape index (κ1) is 15.6. The smallest absolute Gasteiger partial charge is 0.243 e. The Morgan fingerprint density at radius 1 is 1.09 bits per heavy atom. The van der Waals surface area contributed by atoms with E-state index in [2.05, 4.69) is 0 Å². The van der Waals surface area contributed by atoms with Crippen LogP contribution in [0.4, 0.5) is 0 Å². The number of fused-ring (bicyclic) bond motifs is 1. The Kier molecular flexibility index (Phi) is 3.43. The van der Waals surface area contributed by atoms with Gasteiger partial charge in [-0.3, -0.25) is 0 Å². The summed E-state index contributed by atoms with van der Waals surface area (Å²) >= 11 is 0. The average molecular weight is 327 g/mol. The van der Waals surface area contributed by atoms with Crippen LogP contribution in [-0.4, -0.2) is 49.7 Å². The molecule has 0 saturated carbocycles. The van der Waals surface area contributed by atoms with Crippen LogP contribution in [-0.2, 0) is 10.0 Å². The fraction of sp³-hybridized carbons (Fsp3) is 0.600. The maximum absolute atomic E-state index is 12.8. The van der Waals surface area contributed by atoms with E-state index in [0.717, 1.165) is 0 Å². The summed E-state index contributed by atoms with van der Waals surface area (Å²) in [6.45, 7) is 6.63. The molecule has 1 aromatic carbocycles. The van der Waals surface area contributed by atoms with Gasteiger partial charge in [0.1, 0.15) is 13.2 Å². The first-order chi connectivity index (χ1) is 10.1. The highest BCUT2D eigenvalue weighted by Gasteiger charge is 2.51. The van der Waals surface area contributed by atoms with Gasteiger partial charge in [-0.1, -0.05) is 13.8 Å². The van der Waals surface area contributed by atoms with Gasteiger partial charge in [-0.25, -0.2) is 8.42 Å². The van der Waals surface area contributed by atoms with Gasteiger partial charge in [0.2, 0.25) is 10.0 Å². The molecule has 1 atom stereocenters. The van der Waals surface area contributed by atoms with Gasteiger partial charge >= 0.3 is 0 Å². The van der Waals surface area contributed by atoms with E-state index in [1.807, 2.05) is 13.8 Å². The summed E-state index contributed by atoms with van der Waals surface area (Å²) in [5.41, 5.74) is -1.57. The number of hydrogen-bond acceptors (Lipinski definition) is 5. The topological polar surface area (TPSA) is 76.1 Å². The molecule has 2 aliphatic heterocycles. The number of rotatable bonds is 2. The van der Waals surface area contributed by atoms with E-state index < -0.39 is 21.0 Å². The minimum atomic E-state index is -3.68. The van der Waals surface area contributed by atoms with Crippen LogP contribution in [0.2, 0.25) is 0 Å². The van der Waals surface area contributed by atoms with Crippen molar-refractivity contribution in [1.29, 1.82) is 0 Å². The molecule has 0 bridgehead atoms. The minimum absolute atomic E-state index is 0.0801. The van der Waals surface area contributed by atoms with Crippen molar-refractivity contribution >= 4 is 10.0 Å². The second kappa shape index (κ2) is 4.84. The second-order valence-electron chi connectivity index (χ2n) is 6.74. The molecule has 22 heavy (non-hydrogen) atoms. The molecule has 7 heteroatoms. The number of benzene rings is 1. The van der Waals surface area contributed by atoms with Crippen LogP contribution in [0.15, 0.2) is 23.1 Å². The summed E-state index contributed by atoms with van der Waals surface area (Å²) in [6, 6.07) is 4.62. The number of aliphatic hydroxyl groups is 1. The molecule has 1 saturated heterocycles. The molecule has 0 radical (unpaired) electrons. The highest BCUT2D eigenvalue weighted by Crippen LogP contribution is 2.41. The van der Waals surface area contributed by atoms with Crippen molar-refractivity contribution in [2.75, 3.05) is 26.3 Å². The SMILES string of the molecule is CC1(C)CN(S(=O)(=O)c2ccc3c(c2)OCCO3)C[C@@]1(C)O. The molecular formula is C15H21NO5S. The van der Waals surface area contributed by atoms with Crippen LogP contribution in [0.25, 0.3) is 0 Å².